The van der Waals surface area contributed by atoms with Crippen LogP contribution in [0.2, 0.25) is 0 Å². The molecule has 1 aromatic rings. The highest BCUT2D eigenvalue weighted by atomic mass is 19.1. The van der Waals surface area contributed by atoms with Gasteiger partial charge >= 0.3 is 0 Å². The molecule has 0 spiro atoms. The lowest BCUT2D eigenvalue weighted by Gasteiger charge is -2.10. The predicted octanol–water partition coefficient (Wildman–Crippen LogP) is 1.35. The van der Waals surface area contributed by atoms with E-state index in [-0.39, 0.29) is 5.82 Å². The molecule has 0 aliphatic rings. The fourth-order valence-corrected chi connectivity index (χ4v) is 1.27. The third-order valence-corrected chi connectivity index (χ3v) is 1.98. The van der Waals surface area contributed by atoms with Crippen LogP contribution in [0.3, 0.4) is 0 Å². The lowest BCUT2D eigenvalue weighted by atomic mass is 10.1. The number of halogens is 1. The maximum Gasteiger partial charge on any atom is 0.123 e. The van der Waals surface area contributed by atoms with Crippen molar-refractivity contribution in [3.8, 4) is 5.75 Å². The van der Waals surface area contributed by atoms with Gasteiger partial charge in [0.1, 0.15) is 18.2 Å². The molecule has 3 nitrogen and oxygen atoms in total. The number of hydrogen-bond acceptors (Lipinski definition) is 3. The molecule has 0 atom stereocenters. The SMILES string of the molecule is COCCOc1ccc(F)cc1CCN. The van der Waals surface area contributed by atoms with E-state index in [0.29, 0.717) is 31.9 Å². The van der Waals surface area contributed by atoms with Crippen LogP contribution in [0.25, 0.3) is 0 Å². The summed E-state index contributed by atoms with van der Waals surface area (Å²) in [6.07, 6.45) is 0.611. The Bertz CT molecular complexity index is 305. The topological polar surface area (TPSA) is 44.5 Å². The fraction of sp³-hybridized carbons (Fsp3) is 0.455. The Balaban J connectivity index is 2.67. The predicted molar refractivity (Wildman–Crippen MR) is 56.5 cm³/mol. The zero-order valence-corrected chi connectivity index (χ0v) is 8.83. The normalized spacial score (nSPS) is 10.3. The molecule has 2 N–H and O–H groups in total. The van der Waals surface area contributed by atoms with E-state index in [0.717, 1.165) is 5.56 Å². The van der Waals surface area contributed by atoms with Crippen molar-refractivity contribution in [1.82, 2.24) is 0 Å². The molecule has 0 radical (unpaired) electrons. The van der Waals surface area contributed by atoms with Crippen molar-refractivity contribution in [2.75, 3.05) is 26.9 Å². The van der Waals surface area contributed by atoms with Crippen LogP contribution in [0.5, 0.6) is 5.75 Å². The summed E-state index contributed by atoms with van der Waals surface area (Å²) in [4.78, 5) is 0. The molecule has 0 amide bonds. The van der Waals surface area contributed by atoms with Gasteiger partial charge in [-0.1, -0.05) is 0 Å². The lowest BCUT2D eigenvalue weighted by Crippen LogP contribution is -2.09. The van der Waals surface area contributed by atoms with Crippen molar-refractivity contribution in [2.24, 2.45) is 5.73 Å². The maximum absolute atomic E-state index is 12.9. The Labute approximate surface area is 89.0 Å². The maximum atomic E-state index is 12.9. The van der Waals surface area contributed by atoms with Crippen molar-refractivity contribution >= 4 is 0 Å². The molecule has 1 rings (SSSR count). The van der Waals surface area contributed by atoms with E-state index < -0.39 is 0 Å². The smallest absolute Gasteiger partial charge is 0.123 e. The summed E-state index contributed by atoms with van der Waals surface area (Å²) in [5.74, 6) is 0.413. The van der Waals surface area contributed by atoms with Crippen molar-refractivity contribution in [3.05, 3.63) is 29.6 Å². The summed E-state index contributed by atoms with van der Waals surface area (Å²) in [5.41, 5.74) is 6.23. The van der Waals surface area contributed by atoms with Crippen molar-refractivity contribution in [3.63, 3.8) is 0 Å². The lowest BCUT2D eigenvalue weighted by molar-refractivity contribution is 0.145. The molecule has 0 saturated heterocycles. The van der Waals surface area contributed by atoms with E-state index in [9.17, 15) is 4.39 Å². The number of hydrogen-bond donors (Lipinski definition) is 1. The van der Waals surface area contributed by atoms with Gasteiger partial charge in [0.25, 0.3) is 0 Å². The summed E-state index contributed by atoms with van der Waals surface area (Å²) in [6, 6.07) is 4.45. The Morgan fingerprint density at radius 2 is 2.13 bits per heavy atom. The first-order valence-corrected chi connectivity index (χ1v) is 4.88. The van der Waals surface area contributed by atoms with E-state index in [4.69, 9.17) is 15.2 Å². The summed E-state index contributed by atoms with van der Waals surface area (Å²) < 4.78 is 23.2. The van der Waals surface area contributed by atoms with E-state index in [1.807, 2.05) is 0 Å². The monoisotopic (exact) mass is 213 g/mol. The zero-order chi connectivity index (χ0) is 11.1. The van der Waals surface area contributed by atoms with Crippen LogP contribution in [0, 0.1) is 5.82 Å². The highest BCUT2D eigenvalue weighted by Gasteiger charge is 2.04. The third kappa shape index (κ3) is 3.85. The van der Waals surface area contributed by atoms with Gasteiger partial charge in [-0.15, -0.1) is 0 Å². The van der Waals surface area contributed by atoms with Crippen LogP contribution in [0.4, 0.5) is 4.39 Å². The van der Waals surface area contributed by atoms with Crippen molar-refractivity contribution in [2.45, 2.75) is 6.42 Å². The van der Waals surface area contributed by atoms with Gasteiger partial charge in [0.05, 0.1) is 6.61 Å². The van der Waals surface area contributed by atoms with E-state index >= 15 is 0 Å². The van der Waals surface area contributed by atoms with Gasteiger partial charge < -0.3 is 15.2 Å². The fourth-order valence-electron chi connectivity index (χ4n) is 1.27. The second-order valence-corrected chi connectivity index (χ2v) is 3.13. The summed E-state index contributed by atoms with van der Waals surface area (Å²) in [5, 5.41) is 0. The van der Waals surface area contributed by atoms with Gasteiger partial charge in [0.15, 0.2) is 0 Å². The van der Waals surface area contributed by atoms with Crippen LogP contribution in [0.15, 0.2) is 18.2 Å². The summed E-state index contributed by atoms with van der Waals surface area (Å²) in [6.45, 7) is 1.45. The number of rotatable bonds is 6. The number of methoxy groups -OCH3 is 1. The van der Waals surface area contributed by atoms with Gasteiger partial charge in [-0.25, -0.2) is 4.39 Å². The molecule has 0 bridgehead atoms. The number of benzene rings is 1. The highest BCUT2D eigenvalue weighted by Crippen LogP contribution is 2.19. The molecule has 0 fully saturated rings. The van der Waals surface area contributed by atoms with Gasteiger partial charge in [-0.3, -0.25) is 0 Å². The molecular formula is C11H16FNO2. The Kier molecular flexibility index (Phi) is 5.07. The van der Waals surface area contributed by atoms with Gasteiger partial charge in [-0.2, -0.15) is 0 Å². The quantitative estimate of drug-likeness (QED) is 0.725. The molecular weight excluding hydrogens is 197 g/mol. The minimum atomic E-state index is -0.266. The minimum Gasteiger partial charge on any atom is -0.491 e. The average molecular weight is 213 g/mol. The van der Waals surface area contributed by atoms with Crippen LogP contribution in [0.1, 0.15) is 5.56 Å². The second kappa shape index (κ2) is 6.37. The van der Waals surface area contributed by atoms with E-state index in [2.05, 4.69) is 0 Å². The number of nitrogens with two attached hydrogens (primary N) is 1. The van der Waals surface area contributed by atoms with Gasteiger partial charge in [0, 0.05) is 7.11 Å². The average Bonchev–Trinajstić information content (AvgIpc) is 2.22. The first kappa shape index (κ1) is 11.9. The molecule has 84 valence electrons. The summed E-state index contributed by atoms with van der Waals surface area (Å²) in [7, 11) is 1.61. The second-order valence-electron chi connectivity index (χ2n) is 3.13. The van der Waals surface area contributed by atoms with Gasteiger partial charge in [-0.05, 0) is 36.7 Å². The van der Waals surface area contributed by atoms with Crippen LogP contribution >= 0.6 is 0 Å². The molecule has 0 aliphatic heterocycles. The molecule has 1 aromatic carbocycles. The highest BCUT2D eigenvalue weighted by molar-refractivity contribution is 5.34. The van der Waals surface area contributed by atoms with Crippen LogP contribution in [-0.4, -0.2) is 26.9 Å². The van der Waals surface area contributed by atoms with Gasteiger partial charge in [0.2, 0.25) is 0 Å². The van der Waals surface area contributed by atoms with Crippen molar-refractivity contribution < 1.29 is 13.9 Å². The zero-order valence-electron chi connectivity index (χ0n) is 8.83. The summed E-state index contributed by atoms with van der Waals surface area (Å²) >= 11 is 0. The molecule has 0 unspecified atom stereocenters. The minimum absolute atomic E-state index is 0.266. The molecule has 0 aliphatic carbocycles. The molecule has 0 aromatic heterocycles. The third-order valence-electron chi connectivity index (χ3n) is 1.98. The Morgan fingerprint density at radius 1 is 1.33 bits per heavy atom. The molecule has 0 saturated carbocycles. The van der Waals surface area contributed by atoms with Crippen LogP contribution < -0.4 is 10.5 Å². The molecule has 0 heterocycles. The Morgan fingerprint density at radius 3 is 2.80 bits per heavy atom. The Hall–Kier alpha value is -1.13. The standard InChI is InChI=1S/C11H16FNO2/c1-14-6-7-15-11-3-2-10(12)8-9(11)4-5-13/h2-3,8H,4-7,13H2,1H3. The van der Waals surface area contributed by atoms with E-state index in [1.165, 1.54) is 12.1 Å². The van der Waals surface area contributed by atoms with Crippen molar-refractivity contribution in [1.29, 1.82) is 0 Å². The number of ether oxygens (including phenoxy) is 2. The molecule has 15 heavy (non-hydrogen) atoms. The largest absolute Gasteiger partial charge is 0.491 e. The van der Waals surface area contributed by atoms with E-state index in [1.54, 1.807) is 13.2 Å². The molecule has 4 heteroatoms. The van der Waals surface area contributed by atoms with Crippen LogP contribution in [-0.2, 0) is 11.2 Å². The first-order chi connectivity index (χ1) is 7.27. The first-order valence-electron chi connectivity index (χ1n) is 4.88.